The summed E-state index contributed by atoms with van der Waals surface area (Å²) in [6, 6.07) is 7.50. The van der Waals surface area contributed by atoms with Crippen molar-refractivity contribution in [3.05, 3.63) is 29.0 Å². The van der Waals surface area contributed by atoms with Gasteiger partial charge in [-0.05, 0) is 62.7 Å². The van der Waals surface area contributed by atoms with Crippen molar-refractivity contribution in [3.63, 3.8) is 0 Å². The van der Waals surface area contributed by atoms with Gasteiger partial charge in [0.25, 0.3) is 0 Å². The van der Waals surface area contributed by atoms with E-state index in [1.165, 1.54) is 6.42 Å². The maximum absolute atomic E-state index is 12.3. The molecule has 3 rings (SSSR count). The van der Waals surface area contributed by atoms with Crippen molar-refractivity contribution >= 4 is 18.1 Å². The molecule has 1 aromatic heterocycles. The lowest BCUT2D eigenvalue weighted by Crippen LogP contribution is -2.51. The van der Waals surface area contributed by atoms with Gasteiger partial charge in [-0.3, -0.25) is 14.5 Å². The van der Waals surface area contributed by atoms with Crippen LogP contribution in [0.2, 0.25) is 0 Å². The predicted octanol–water partition coefficient (Wildman–Crippen LogP) is 2.68. The number of ether oxygens (including phenoxy) is 1. The van der Waals surface area contributed by atoms with Gasteiger partial charge in [0.15, 0.2) is 10.6 Å². The number of amides is 1. The zero-order valence-corrected chi connectivity index (χ0v) is 14.1. The Labute approximate surface area is 139 Å². The number of hydrogen-bond donors (Lipinski definition) is 2. The van der Waals surface area contributed by atoms with Gasteiger partial charge < -0.3 is 10.1 Å². The van der Waals surface area contributed by atoms with E-state index >= 15 is 0 Å². The minimum Gasteiger partial charge on any atom is -0.497 e. The molecule has 0 radical (unpaired) electrons. The van der Waals surface area contributed by atoms with Crippen molar-refractivity contribution in [1.29, 1.82) is 0 Å². The number of aromatic nitrogens is 3. The summed E-state index contributed by atoms with van der Waals surface area (Å²) in [7, 11) is 1.62. The van der Waals surface area contributed by atoms with Crippen molar-refractivity contribution in [2.75, 3.05) is 7.11 Å². The molecule has 1 aliphatic carbocycles. The molecule has 7 heteroatoms. The van der Waals surface area contributed by atoms with E-state index < -0.39 is 0 Å². The average molecular weight is 332 g/mol. The van der Waals surface area contributed by atoms with Crippen LogP contribution in [0.1, 0.15) is 26.2 Å². The quantitative estimate of drug-likeness (QED) is 0.826. The lowest BCUT2D eigenvalue weighted by molar-refractivity contribution is -0.124. The number of hydrogen-bond acceptors (Lipinski definition) is 4. The number of carbonyl (C=O) groups is 1. The van der Waals surface area contributed by atoms with Crippen LogP contribution in [0.25, 0.3) is 11.4 Å². The minimum atomic E-state index is -0.0662. The Morgan fingerprint density at radius 2 is 2.13 bits per heavy atom. The molecule has 0 bridgehead atoms. The fourth-order valence-electron chi connectivity index (χ4n) is 2.78. The maximum atomic E-state index is 12.3. The van der Waals surface area contributed by atoms with Crippen LogP contribution in [0.3, 0.4) is 0 Å². The zero-order valence-electron chi connectivity index (χ0n) is 13.3. The summed E-state index contributed by atoms with van der Waals surface area (Å²) >= 11 is 5.26. The molecule has 0 atom stereocenters. The largest absolute Gasteiger partial charge is 0.497 e. The average Bonchev–Trinajstić information content (AvgIpc) is 2.87. The fraction of sp³-hybridized carbons (Fsp3) is 0.438. The third kappa shape index (κ3) is 3.29. The normalized spacial score (nSPS) is 15.7. The van der Waals surface area contributed by atoms with Gasteiger partial charge in [0.2, 0.25) is 5.91 Å². The molecule has 23 heavy (non-hydrogen) atoms. The van der Waals surface area contributed by atoms with Crippen molar-refractivity contribution < 1.29 is 9.53 Å². The highest BCUT2D eigenvalue weighted by Crippen LogP contribution is 2.31. The van der Waals surface area contributed by atoms with Crippen LogP contribution < -0.4 is 10.1 Å². The van der Waals surface area contributed by atoms with E-state index in [1.807, 2.05) is 24.3 Å². The van der Waals surface area contributed by atoms with Gasteiger partial charge in [0.1, 0.15) is 12.3 Å². The van der Waals surface area contributed by atoms with E-state index in [2.05, 4.69) is 22.4 Å². The lowest BCUT2D eigenvalue weighted by Gasteiger charge is -2.39. The van der Waals surface area contributed by atoms with Gasteiger partial charge in [0.05, 0.1) is 7.11 Å². The van der Waals surface area contributed by atoms with E-state index in [0.29, 0.717) is 10.6 Å². The maximum Gasteiger partial charge on any atom is 0.240 e. The number of carbonyl (C=O) groups excluding carboxylic acids is 1. The number of nitrogens with zero attached hydrogens (tertiary/aromatic N) is 2. The number of nitrogens with one attached hydrogen (secondary N) is 2. The summed E-state index contributed by atoms with van der Waals surface area (Å²) in [5, 5.41) is 10.1. The molecule has 0 spiro atoms. The highest BCUT2D eigenvalue weighted by molar-refractivity contribution is 7.71. The molecule has 0 aliphatic heterocycles. The van der Waals surface area contributed by atoms with Gasteiger partial charge in [-0.2, -0.15) is 5.10 Å². The first-order chi connectivity index (χ1) is 11.0. The minimum absolute atomic E-state index is 0.0422. The smallest absolute Gasteiger partial charge is 0.240 e. The van der Waals surface area contributed by atoms with Crippen LogP contribution in [0.4, 0.5) is 0 Å². The molecule has 0 saturated heterocycles. The molecule has 0 unspecified atom stereocenters. The first-order valence-corrected chi connectivity index (χ1v) is 8.02. The summed E-state index contributed by atoms with van der Waals surface area (Å²) in [5.74, 6) is 1.37. The number of methoxy groups -OCH3 is 1. The molecule has 1 heterocycles. The predicted molar refractivity (Wildman–Crippen MR) is 89.8 cm³/mol. The monoisotopic (exact) mass is 332 g/mol. The fourth-order valence-corrected chi connectivity index (χ4v) is 2.97. The highest BCUT2D eigenvalue weighted by atomic mass is 32.1. The van der Waals surface area contributed by atoms with Crippen LogP contribution in [0.15, 0.2) is 24.3 Å². The van der Waals surface area contributed by atoms with Crippen LogP contribution in [-0.4, -0.2) is 33.3 Å². The number of rotatable bonds is 5. The highest BCUT2D eigenvalue weighted by Gasteiger charge is 2.33. The molecule has 1 amide bonds. The van der Waals surface area contributed by atoms with Crippen LogP contribution >= 0.6 is 12.2 Å². The Balaban J connectivity index is 1.80. The van der Waals surface area contributed by atoms with E-state index in [-0.39, 0.29) is 18.0 Å². The molecule has 1 saturated carbocycles. The van der Waals surface area contributed by atoms with Crippen LogP contribution in [0.5, 0.6) is 5.75 Å². The van der Waals surface area contributed by atoms with E-state index in [1.54, 1.807) is 11.7 Å². The Morgan fingerprint density at radius 3 is 2.70 bits per heavy atom. The Morgan fingerprint density at radius 1 is 1.43 bits per heavy atom. The summed E-state index contributed by atoms with van der Waals surface area (Å²) in [4.78, 5) is 12.3. The van der Waals surface area contributed by atoms with Crippen molar-refractivity contribution in [2.24, 2.45) is 0 Å². The van der Waals surface area contributed by atoms with Gasteiger partial charge in [-0.15, -0.1) is 0 Å². The van der Waals surface area contributed by atoms with E-state index in [0.717, 1.165) is 24.2 Å². The molecule has 2 aromatic rings. The SMILES string of the molecule is COc1ccc(-c2n[nH]c(=S)n2CC(=O)NC2(C)CCC2)cc1. The van der Waals surface area contributed by atoms with Crippen LogP contribution in [0, 0.1) is 4.77 Å². The second kappa shape index (κ2) is 6.16. The summed E-state index contributed by atoms with van der Waals surface area (Å²) in [5.41, 5.74) is 0.810. The summed E-state index contributed by atoms with van der Waals surface area (Å²) in [6.45, 7) is 2.24. The van der Waals surface area contributed by atoms with Gasteiger partial charge in [-0.25, -0.2) is 0 Å². The second-order valence-corrected chi connectivity index (χ2v) is 6.52. The Bertz CT molecular complexity index is 759. The first-order valence-electron chi connectivity index (χ1n) is 7.61. The molecule has 1 fully saturated rings. The van der Waals surface area contributed by atoms with Crippen molar-refractivity contribution in [1.82, 2.24) is 20.1 Å². The van der Waals surface area contributed by atoms with Gasteiger partial charge >= 0.3 is 0 Å². The van der Waals surface area contributed by atoms with Gasteiger partial charge in [0, 0.05) is 11.1 Å². The zero-order chi connectivity index (χ0) is 16.4. The molecule has 122 valence electrons. The van der Waals surface area contributed by atoms with E-state index in [9.17, 15) is 4.79 Å². The van der Waals surface area contributed by atoms with E-state index in [4.69, 9.17) is 17.0 Å². The standard InChI is InChI=1S/C16H20N4O2S/c1-16(8-3-9-16)17-13(21)10-20-14(18-19-15(20)23)11-4-6-12(22-2)7-5-11/h4-7H,3,8-10H2,1-2H3,(H,17,21)(H,19,23). The first kappa shape index (κ1) is 15.7. The van der Waals surface area contributed by atoms with Crippen LogP contribution in [-0.2, 0) is 11.3 Å². The molecular formula is C16H20N4O2S. The molecule has 6 nitrogen and oxygen atoms in total. The molecular weight excluding hydrogens is 312 g/mol. The second-order valence-electron chi connectivity index (χ2n) is 6.13. The van der Waals surface area contributed by atoms with Crippen molar-refractivity contribution in [2.45, 2.75) is 38.3 Å². The Hall–Kier alpha value is -2.15. The number of aromatic amines is 1. The van der Waals surface area contributed by atoms with Crippen molar-refractivity contribution in [3.8, 4) is 17.1 Å². The molecule has 1 aliphatic rings. The summed E-state index contributed by atoms with van der Waals surface area (Å²) < 4.78 is 7.31. The Kier molecular flexibility index (Phi) is 4.21. The summed E-state index contributed by atoms with van der Waals surface area (Å²) in [6.07, 6.45) is 3.22. The topological polar surface area (TPSA) is 71.9 Å². The number of H-pyrrole nitrogens is 1. The number of benzene rings is 1. The third-order valence-corrected chi connectivity index (χ3v) is 4.62. The third-order valence-electron chi connectivity index (χ3n) is 4.31. The van der Waals surface area contributed by atoms with Gasteiger partial charge in [-0.1, -0.05) is 0 Å². The lowest BCUT2D eigenvalue weighted by atomic mass is 9.78. The molecule has 1 aromatic carbocycles. The molecule has 2 N–H and O–H groups in total.